The van der Waals surface area contributed by atoms with Crippen LogP contribution in [0.3, 0.4) is 0 Å². The van der Waals surface area contributed by atoms with Crippen molar-refractivity contribution in [1.82, 2.24) is 19.5 Å². The number of imidazole rings is 1. The summed E-state index contributed by atoms with van der Waals surface area (Å²) in [4.78, 5) is 12.0. The molecule has 3 aromatic rings. The van der Waals surface area contributed by atoms with Crippen molar-refractivity contribution in [3.63, 3.8) is 0 Å². The van der Waals surface area contributed by atoms with Crippen molar-refractivity contribution in [3.05, 3.63) is 48.3 Å². The van der Waals surface area contributed by atoms with Crippen LogP contribution >= 0.6 is 0 Å². The van der Waals surface area contributed by atoms with E-state index < -0.39 is 6.08 Å². The molecule has 0 atom stereocenters. The third-order valence-corrected chi connectivity index (χ3v) is 4.07. The van der Waals surface area contributed by atoms with Crippen LogP contribution in [0, 0.1) is 6.08 Å². The minimum Gasteiger partial charge on any atom is -0.497 e. The summed E-state index contributed by atoms with van der Waals surface area (Å²) in [5.74, 6) is 2.11. The normalized spacial score (nSPS) is 10.9. The van der Waals surface area contributed by atoms with Gasteiger partial charge < -0.3 is 19.8 Å². The fourth-order valence-corrected chi connectivity index (χ4v) is 2.82. The van der Waals surface area contributed by atoms with Gasteiger partial charge in [0.2, 0.25) is 0 Å². The smallest absolute Gasteiger partial charge is 0.312 e. The summed E-state index contributed by atoms with van der Waals surface area (Å²) < 4.78 is 26.2. The Labute approximate surface area is 150 Å². The average molecular weight is 357 g/mol. The third-order valence-electron chi connectivity index (χ3n) is 4.07. The molecular formula is C18H20FN5O2. The number of anilines is 1. The van der Waals surface area contributed by atoms with E-state index in [4.69, 9.17) is 15.2 Å². The number of aryl methyl sites for hydroxylation is 1. The number of nitrogens with zero attached hydrogens (tertiary/aromatic N) is 4. The van der Waals surface area contributed by atoms with Gasteiger partial charge in [-0.1, -0.05) is 6.08 Å². The first-order valence-electron chi connectivity index (χ1n) is 8.07. The maximum Gasteiger partial charge on any atom is 0.312 e. The number of aromatic nitrogens is 4. The number of ether oxygens (including phenoxy) is 2. The summed E-state index contributed by atoms with van der Waals surface area (Å²) >= 11 is 0. The largest absolute Gasteiger partial charge is 0.497 e. The van der Waals surface area contributed by atoms with Crippen LogP contribution in [0.4, 0.5) is 10.2 Å². The predicted octanol–water partition coefficient (Wildman–Crippen LogP) is 2.73. The molecule has 0 amide bonds. The summed E-state index contributed by atoms with van der Waals surface area (Å²) in [6.07, 6.45) is 2.02. The van der Waals surface area contributed by atoms with Crippen LogP contribution in [-0.2, 0) is 13.0 Å². The minimum absolute atomic E-state index is 0.0173. The second-order valence-corrected chi connectivity index (χ2v) is 5.66. The lowest BCUT2D eigenvalue weighted by Gasteiger charge is -2.12. The molecule has 136 valence electrons. The van der Waals surface area contributed by atoms with Crippen molar-refractivity contribution >= 4 is 17.0 Å². The van der Waals surface area contributed by atoms with Gasteiger partial charge in [0.15, 0.2) is 17.0 Å². The lowest BCUT2D eigenvalue weighted by Crippen LogP contribution is -2.07. The Bertz CT molecular complexity index is 954. The molecule has 3 rings (SSSR count). The molecule has 8 heteroatoms. The van der Waals surface area contributed by atoms with Gasteiger partial charge in [-0.25, -0.2) is 4.98 Å². The predicted molar refractivity (Wildman–Crippen MR) is 96.9 cm³/mol. The Kier molecular flexibility index (Phi) is 5.01. The van der Waals surface area contributed by atoms with E-state index in [1.807, 2.05) is 22.8 Å². The first-order valence-corrected chi connectivity index (χ1v) is 8.07. The second-order valence-electron chi connectivity index (χ2n) is 5.66. The average Bonchev–Trinajstić information content (AvgIpc) is 2.97. The Morgan fingerprint density at radius 3 is 2.73 bits per heavy atom. The van der Waals surface area contributed by atoms with E-state index in [0.717, 1.165) is 5.56 Å². The van der Waals surface area contributed by atoms with Gasteiger partial charge in [-0.05, 0) is 24.6 Å². The highest BCUT2D eigenvalue weighted by atomic mass is 19.1. The SMILES string of the molecule is C=CCCn1c(Cc2cc(OC)ccc2OC)nc2c(N)nc(F)nc21. The fraction of sp³-hybridized carbons (Fsp3) is 0.278. The van der Waals surface area contributed by atoms with Crippen LogP contribution in [0.2, 0.25) is 0 Å². The zero-order chi connectivity index (χ0) is 18.7. The van der Waals surface area contributed by atoms with Crippen LogP contribution < -0.4 is 15.2 Å². The molecule has 0 bridgehead atoms. The number of hydrogen-bond donors (Lipinski definition) is 1. The molecule has 2 N–H and O–H groups in total. The van der Waals surface area contributed by atoms with Gasteiger partial charge in [0.1, 0.15) is 17.3 Å². The summed E-state index contributed by atoms with van der Waals surface area (Å²) in [5.41, 5.74) is 7.47. The summed E-state index contributed by atoms with van der Waals surface area (Å²) in [7, 11) is 3.20. The van der Waals surface area contributed by atoms with Gasteiger partial charge >= 0.3 is 6.08 Å². The van der Waals surface area contributed by atoms with E-state index in [1.165, 1.54) is 0 Å². The second kappa shape index (κ2) is 7.38. The fourth-order valence-electron chi connectivity index (χ4n) is 2.82. The summed E-state index contributed by atoms with van der Waals surface area (Å²) in [6, 6.07) is 5.53. The molecule has 0 saturated heterocycles. The van der Waals surface area contributed by atoms with Crippen LogP contribution in [-0.4, -0.2) is 33.7 Å². The van der Waals surface area contributed by atoms with E-state index in [9.17, 15) is 4.39 Å². The number of methoxy groups -OCH3 is 2. The molecule has 26 heavy (non-hydrogen) atoms. The highest BCUT2D eigenvalue weighted by molar-refractivity contribution is 5.82. The van der Waals surface area contributed by atoms with E-state index >= 15 is 0 Å². The van der Waals surface area contributed by atoms with E-state index in [1.54, 1.807) is 20.3 Å². The molecule has 1 aromatic carbocycles. The lowest BCUT2D eigenvalue weighted by molar-refractivity contribution is 0.399. The number of hydrogen-bond acceptors (Lipinski definition) is 6. The molecule has 0 radical (unpaired) electrons. The number of nitrogen functional groups attached to an aromatic ring is 1. The van der Waals surface area contributed by atoms with E-state index in [2.05, 4.69) is 21.5 Å². The van der Waals surface area contributed by atoms with Crippen LogP contribution in [0.25, 0.3) is 11.2 Å². The molecule has 0 aliphatic carbocycles. The number of allylic oxidation sites excluding steroid dienone is 1. The highest BCUT2D eigenvalue weighted by Gasteiger charge is 2.18. The van der Waals surface area contributed by atoms with Crippen molar-refractivity contribution < 1.29 is 13.9 Å². The maximum atomic E-state index is 13.7. The molecule has 2 aromatic heterocycles. The Morgan fingerprint density at radius 1 is 1.23 bits per heavy atom. The molecule has 0 saturated carbocycles. The maximum absolute atomic E-state index is 13.7. The van der Waals surface area contributed by atoms with Crippen LogP contribution in [0.1, 0.15) is 17.8 Å². The topological polar surface area (TPSA) is 88.1 Å². The number of fused-ring (bicyclic) bond motifs is 1. The van der Waals surface area contributed by atoms with Crippen LogP contribution in [0.15, 0.2) is 30.9 Å². The molecule has 0 fully saturated rings. The van der Waals surface area contributed by atoms with Crippen molar-refractivity contribution in [2.45, 2.75) is 19.4 Å². The number of benzene rings is 1. The van der Waals surface area contributed by atoms with Gasteiger partial charge in [0.25, 0.3) is 0 Å². The Balaban J connectivity index is 2.12. The standard InChI is InChI=1S/C18H20FN5O2/c1-4-5-8-24-14(21-15-16(20)22-18(19)23-17(15)24)10-11-9-12(25-2)6-7-13(11)26-3/h4,6-7,9H,1,5,8,10H2,2-3H3,(H2,20,22,23). The van der Waals surface area contributed by atoms with Crippen molar-refractivity contribution in [2.24, 2.45) is 0 Å². The lowest BCUT2D eigenvalue weighted by atomic mass is 10.1. The van der Waals surface area contributed by atoms with Gasteiger partial charge in [-0.15, -0.1) is 6.58 Å². The van der Waals surface area contributed by atoms with Gasteiger partial charge in [-0.3, -0.25) is 0 Å². The van der Waals surface area contributed by atoms with Gasteiger partial charge in [-0.2, -0.15) is 14.4 Å². The van der Waals surface area contributed by atoms with Crippen molar-refractivity contribution in [1.29, 1.82) is 0 Å². The molecule has 0 aliphatic rings. The molecule has 0 unspecified atom stereocenters. The monoisotopic (exact) mass is 357 g/mol. The number of rotatable bonds is 7. The zero-order valence-electron chi connectivity index (χ0n) is 14.7. The minimum atomic E-state index is -0.875. The van der Waals surface area contributed by atoms with E-state index in [-0.39, 0.29) is 5.82 Å². The third kappa shape index (κ3) is 3.30. The molecule has 0 aliphatic heterocycles. The Hall–Kier alpha value is -3.16. The summed E-state index contributed by atoms with van der Waals surface area (Å²) in [6.45, 7) is 4.29. The quantitative estimate of drug-likeness (QED) is 0.517. The first kappa shape index (κ1) is 17.7. The number of nitrogens with two attached hydrogens (primary N) is 1. The van der Waals surface area contributed by atoms with E-state index in [0.29, 0.717) is 47.9 Å². The van der Waals surface area contributed by atoms with Gasteiger partial charge in [0.05, 0.1) is 14.2 Å². The Morgan fingerprint density at radius 2 is 2.04 bits per heavy atom. The summed E-state index contributed by atoms with van der Waals surface area (Å²) in [5, 5.41) is 0. The molecular weight excluding hydrogens is 337 g/mol. The van der Waals surface area contributed by atoms with Gasteiger partial charge in [0, 0.05) is 18.5 Å². The van der Waals surface area contributed by atoms with Crippen LogP contribution in [0.5, 0.6) is 11.5 Å². The van der Waals surface area contributed by atoms with Crippen molar-refractivity contribution in [3.8, 4) is 11.5 Å². The number of halogens is 1. The molecule has 2 heterocycles. The first-order chi connectivity index (χ1) is 12.6. The highest BCUT2D eigenvalue weighted by Crippen LogP contribution is 2.28. The molecule has 0 spiro atoms. The van der Waals surface area contributed by atoms with Crippen molar-refractivity contribution in [2.75, 3.05) is 20.0 Å². The molecule has 7 nitrogen and oxygen atoms in total. The zero-order valence-corrected chi connectivity index (χ0v) is 14.7.